The Morgan fingerprint density at radius 2 is 1.06 bits per heavy atom. The molecule has 0 bridgehead atoms. The quantitative estimate of drug-likeness (QED) is 0.0219. The highest BCUT2D eigenvalue weighted by Crippen LogP contribution is 2.43. The van der Waals surface area contributed by atoms with Gasteiger partial charge in [0.2, 0.25) is 0 Å². The van der Waals surface area contributed by atoms with Gasteiger partial charge in [0.15, 0.2) is 6.10 Å². The molecule has 0 rings (SSSR count). The number of hydrogen-bond donors (Lipinski definition) is 1. The van der Waals surface area contributed by atoms with Crippen LogP contribution in [0, 0.1) is 0 Å². The summed E-state index contributed by atoms with van der Waals surface area (Å²) in [5.74, 6) is -0.826. The monoisotopic (exact) mass is 757 g/mol. The molecule has 1 N–H and O–H groups in total. The molecule has 0 fully saturated rings. The van der Waals surface area contributed by atoms with Gasteiger partial charge >= 0.3 is 19.8 Å². The number of allylic oxidation sites excluding steroid dienone is 6. The number of hydrogen-bond acceptors (Lipinski definition) is 7. The molecule has 0 aromatic heterocycles. The number of unbranched alkanes of at least 4 members (excludes halogenated alkanes) is 17. The van der Waals surface area contributed by atoms with Gasteiger partial charge in [-0.05, 0) is 64.2 Å². The van der Waals surface area contributed by atoms with Gasteiger partial charge in [0, 0.05) is 12.8 Å². The highest BCUT2D eigenvalue weighted by molar-refractivity contribution is 7.47. The van der Waals surface area contributed by atoms with Gasteiger partial charge in [-0.1, -0.05) is 127 Å². The van der Waals surface area contributed by atoms with Gasteiger partial charge in [0.1, 0.15) is 19.8 Å². The lowest BCUT2D eigenvalue weighted by molar-refractivity contribution is -0.870. The molecule has 0 aliphatic rings. The number of phosphoric ester groups is 1. The first-order valence-electron chi connectivity index (χ1n) is 20.7. The van der Waals surface area contributed by atoms with Crippen LogP contribution in [0.4, 0.5) is 0 Å². The predicted molar refractivity (Wildman–Crippen MR) is 215 cm³/mol. The molecule has 0 spiro atoms. The second-order valence-corrected chi connectivity index (χ2v) is 16.5. The summed E-state index contributed by atoms with van der Waals surface area (Å²) in [6.45, 7) is 4.33. The average molecular weight is 757 g/mol. The van der Waals surface area contributed by atoms with Crippen molar-refractivity contribution in [1.29, 1.82) is 0 Å². The molecule has 52 heavy (non-hydrogen) atoms. The van der Waals surface area contributed by atoms with Crippen molar-refractivity contribution in [3.8, 4) is 0 Å². The minimum atomic E-state index is -4.37. The lowest BCUT2D eigenvalue weighted by atomic mass is 10.1. The van der Waals surface area contributed by atoms with Crippen LogP contribution in [-0.2, 0) is 32.7 Å². The summed E-state index contributed by atoms with van der Waals surface area (Å²) in [6.07, 6.45) is 37.5. The van der Waals surface area contributed by atoms with Crippen molar-refractivity contribution in [2.75, 3.05) is 47.5 Å². The summed E-state index contributed by atoms with van der Waals surface area (Å²) in [6, 6.07) is 0. The number of phosphoric acid groups is 1. The Morgan fingerprint density at radius 1 is 0.596 bits per heavy atom. The average Bonchev–Trinajstić information content (AvgIpc) is 3.09. The summed E-state index contributed by atoms with van der Waals surface area (Å²) in [4.78, 5) is 35.3. The number of ether oxygens (including phenoxy) is 2. The molecule has 0 heterocycles. The van der Waals surface area contributed by atoms with Gasteiger partial charge in [-0.15, -0.1) is 0 Å². The molecule has 2 atom stereocenters. The van der Waals surface area contributed by atoms with Crippen LogP contribution < -0.4 is 0 Å². The third kappa shape index (κ3) is 38.0. The fraction of sp³-hybridized carbons (Fsp3) is 0.810. The fourth-order valence-corrected chi connectivity index (χ4v) is 6.06. The van der Waals surface area contributed by atoms with Crippen LogP contribution >= 0.6 is 7.82 Å². The van der Waals surface area contributed by atoms with E-state index in [2.05, 4.69) is 50.3 Å². The third-order valence-electron chi connectivity index (χ3n) is 8.64. The van der Waals surface area contributed by atoms with Crippen LogP contribution in [0.25, 0.3) is 0 Å². The summed E-state index contributed by atoms with van der Waals surface area (Å²) < 4.78 is 34.2. The molecule has 0 saturated heterocycles. The highest BCUT2D eigenvalue weighted by Gasteiger charge is 2.27. The third-order valence-corrected chi connectivity index (χ3v) is 9.63. The first-order valence-corrected chi connectivity index (χ1v) is 22.2. The Labute approximate surface area is 319 Å². The number of esters is 2. The lowest BCUT2D eigenvalue weighted by Gasteiger charge is -2.24. The molecule has 1 unspecified atom stereocenters. The number of carbonyl (C=O) groups is 2. The first-order chi connectivity index (χ1) is 25.0. The van der Waals surface area contributed by atoms with Crippen LogP contribution in [0.3, 0.4) is 0 Å². The zero-order valence-electron chi connectivity index (χ0n) is 34.0. The molecule has 0 radical (unpaired) electrons. The predicted octanol–water partition coefficient (Wildman–Crippen LogP) is 11.4. The molecule has 0 saturated carbocycles. The van der Waals surface area contributed by atoms with Gasteiger partial charge in [-0.2, -0.15) is 0 Å². The van der Waals surface area contributed by atoms with Gasteiger partial charge in [0.25, 0.3) is 0 Å². The molecule has 10 heteroatoms. The maximum atomic E-state index is 12.6. The topological polar surface area (TPSA) is 108 Å². The zero-order valence-corrected chi connectivity index (χ0v) is 34.9. The molecule has 9 nitrogen and oxygen atoms in total. The largest absolute Gasteiger partial charge is 0.472 e. The van der Waals surface area contributed by atoms with E-state index >= 15 is 0 Å². The number of quaternary nitrogens is 1. The molecule has 0 aromatic rings. The molecule has 0 amide bonds. The van der Waals surface area contributed by atoms with Crippen molar-refractivity contribution in [1.82, 2.24) is 0 Å². The fourth-order valence-electron chi connectivity index (χ4n) is 5.32. The maximum Gasteiger partial charge on any atom is 0.472 e. The van der Waals surface area contributed by atoms with E-state index in [1.807, 2.05) is 21.1 Å². The summed E-state index contributed by atoms with van der Waals surface area (Å²) in [5.41, 5.74) is 0. The number of likely N-dealkylation sites (N-methyl/N-ethyl adjacent to an activating group) is 1. The zero-order chi connectivity index (χ0) is 38.6. The van der Waals surface area contributed by atoms with Crippen molar-refractivity contribution < 1.29 is 42.1 Å². The molecular weight excluding hydrogens is 677 g/mol. The Hall–Kier alpha value is -1.77. The normalized spacial score (nSPS) is 14.0. The Bertz CT molecular complexity index is 991. The van der Waals surface area contributed by atoms with E-state index < -0.39 is 26.5 Å². The van der Waals surface area contributed by atoms with E-state index in [9.17, 15) is 19.0 Å². The lowest BCUT2D eigenvalue weighted by Crippen LogP contribution is -2.37. The van der Waals surface area contributed by atoms with Gasteiger partial charge in [-0.25, -0.2) is 4.57 Å². The van der Waals surface area contributed by atoms with Crippen molar-refractivity contribution in [2.45, 2.75) is 174 Å². The van der Waals surface area contributed by atoms with E-state index in [1.54, 1.807) is 0 Å². The first kappa shape index (κ1) is 50.2. The minimum Gasteiger partial charge on any atom is -0.462 e. The number of rotatable bonds is 37. The van der Waals surface area contributed by atoms with E-state index in [0.717, 1.165) is 77.0 Å². The number of carbonyl (C=O) groups excluding carboxylic acids is 2. The minimum absolute atomic E-state index is 0.0274. The van der Waals surface area contributed by atoms with E-state index in [1.165, 1.54) is 57.8 Å². The van der Waals surface area contributed by atoms with E-state index in [-0.39, 0.29) is 32.0 Å². The second-order valence-electron chi connectivity index (χ2n) is 15.0. The SMILES string of the molecule is CCCC/C=C/C/C=C/CCCCCCCC(=O)OC[C@H](COP(=O)(O)OCC[N+](C)(C)C)OC(=O)CCCCCCC/C=C/CCCCCCC. The Kier molecular flexibility index (Phi) is 33.8. The van der Waals surface area contributed by atoms with Gasteiger partial charge in [-0.3, -0.25) is 18.6 Å². The van der Waals surface area contributed by atoms with Crippen LogP contribution in [0.2, 0.25) is 0 Å². The molecule has 304 valence electrons. The Morgan fingerprint density at radius 3 is 1.60 bits per heavy atom. The van der Waals surface area contributed by atoms with Crippen LogP contribution in [0.5, 0.6) is 0 Å². The van der Waals surface area contributed by atoms with Gasteiger partial charge in [0.05, 0.1) is 27.7 Å². The molecular formula is C42H79NO8P+. The summed E-state index contributed by atoms with van der Waals surface area (Å²) in [5, 5.41) is 0. The second kappa shape index (κ2) is 35.0. The van der Waals surface area contributed by atoms with Crippen LogP contribution in [0.1, 0.15) is 168 Å². The highest BCUT2D eigenvalue weighted by atomic mass is 31.2. The molecule has 0 aliphatic heterocycles. The van der Waals surface area contributed by atoms with Crippen LogP contribution in [0.15, 0.2) is 36.5 Å². The van der Waals surface area contributed by atoms with Crippen molar-refractivity contribution in [3.05, 3.63) is 36.5 Å². The Balaban J connectivity index is 4.44. The smallest absolute Gasteiger partial charge is 0.462 e. The van der Waals surface area contributed by atoms with E-state index in [0.29, 0.717) is 17.4 Å². The summed E-state index contributed by atoms with van der Waals surface area (Å²) >= 11 is 0. The molecule has 0 aromatic carbocycles. The van der Waals surface area contributed by atoms with Crippen molar-refractivity contribution in [2.24, 2.45) is 0 Å². The maximum absolute atomic E-state index is 12.6. The number of nitrogens with zero attached hydrogens (tertiary/aromatic N) is 1. The van der Waals surface area contributed by atoms with Crippen LogP contribution in [-0.4, -0.2) is 74.9 Å². The molecule has 0 aliphatic carbocycles. The van der Waals surface area contributed by atoms with E-state index in [4.69, 9.17) is 18.5 Å². The van der Waals surface area contributed by atoms with Crippen molar-refractivity contribution in [3.63, 3.8) is 0 Å². The van der Waals surface area contributed by atoms with Crippen molar-refractivity contribution >= 4 is 19.8 Å². The van der Waals surface area contributed by atoms with Gasteiger partial charge < -0.3 is 18.9 Å². The standard InChI is InChI=1S/C42H78NO8P/c1-6-8-10-12-14-16-18-20-22-24-26-28-30-32-34-41(44)48-38-40(39-50-52(46,47)49-37-36-43(3,4)5)51-42(45)35-33-31-29-27-25-23-21-19-17-15-13-11-9-7-2/h12,14,18-21,40H,6-11,13,15-17,22-39H2,1-5H3/p+1/b14-12+,20-18+,21-19+/t40-/m1/s1. The summed E-state index contributed by atoms with van der Waals surface area (Å²) in [7, 11) is 1.46.